The van der Waals surface area contributed by atoms with Crippen LogP contribution in [0.2, 0.25) is 0 Å². The zero-order valence-corrected chi connectivity index (χ0v) is 9.23. The van der Waals surface area contributed by atoms with Crippen LogP contribution in [0.3, 0.4) is 0 Å². The molecule has 2 saturated carbocycles. The van der Waals surface area contributed by atoms with E-state index in [2.05, 4.69) is 5.32 Å². The number of hydrogen-bond donors (Lipinski definition) is 1. The number of nitrogens with one attached hydrogen (secondary N) is 1. The van der Waals surface area contributed by atoms with Gasteiger partial charge in [-0.2, -0.15) is 0 Å². The first-order chi connectivity index (χ1) is 6.91. The van der Waals surface area contributed by atoms with Crippen LogP contribution in [-0.2, 0) is 0 Å². The van der Waals surface area contributed by atoms with Crippen molar-refractivity contribution >= 4 is 0 Å². The van der Waals surface area contributed by atoms with Gasteiger partial charge in [-0.15, -0.1) is 0 Å². The largest absolute Gasteiger partial charge is 0.312 e. The molecule has 3 fully saturated rings. The lowest BCUT2D eigenvalue weighted by Crippen LogP contribution is -2.66. The maximum absolute atomic E-state index is 3.74. The van der Waals surface area contributed by atoms with Gasteiger partial charge in [0.05, 0.1) is 0 Å². The predicted octanol–water partition coefficient (Wildman–Crippen LogP) is 3.10. The Balaban J connectivity index is 1.68. The van der Waals surface area contributed by atoms with E-state index in [1.54, 1.807) is 0 Å². The first kappa shape index (κ1) is 9.21. The van der Waals surface area contributed by atoms with Crippen LogP contribution >= 0.6 is 0 Å². The molecule has 1 spiro atoms. The molecular formula is C13H23N. The van der Waals surface area contributed by atoms with Crippen LogP contribution < -0.4 is 5.32 Å². The Morgan fingerprint density at radius 2 is 1.57 bits per heavy atom. The van der Waals surface area contributed by atoms with Gasteiger partial charge in [-0.3, -0.25) is 0 Å². The summed E-state index contributed by atoms with van der Waals surface area (Å²) in [6.07, 6.45) is 13.6. The molecule has 80 valence electrons. The molecule has 3 aliphatic rings. The molecule has 1 heteroatoms. The smallest absolute Gasteiger partial charge is 0.0164 e. The van der Waals surface area contributed by atoms with Crippen molar-refractivity contribution in [3.63, 3.8) is 0 Å². The Labute approximate surface area is 87.7 Å². The van der Waals surface area contributed by atoms with E-state index in [1.807, 2.05) is 0 Å². The van der Waals surface area contributed by atoms with Crippen LogP contribution in [0, 0.1) is 11.3 Å². The highest BCUT2D eigenvalue weighted by molar-refractivity contribution is 5.06. The van der Waals surface area contributed by atoms with Crippen LogP contribution in [0.15, 0.2) is 0 Å². The molecule has 1 atom stereocenters. The van der Waals surface area contributed by atoms with Crippen molar-refractivity contribution in [2.24, 2.45) is 11.3 Å². The molecule has 0 amide bonds. The van der Waals surface area contributed by atoms with E-state index in [1.165, 1.54) is 64.3 Å². The van der Waals surface area contributed by atoms with Crippen LogP contribution in [0.5, 0.6) is 0 Å². The molecule has 3 rings (SSSR count). The van der Waals surface area contributed by atoms with Crippen molar-refractivity contribution in [1.29, 1.82) is 0 Å². The highest BCUT2D eigenvalue weighted by atomic mass is 15.1. The average molecular weight is 193 g/mol. The molecule has 1 unspecified atom stereocenters. The van der Waals surface area contributed by atoms with E-state index in [-0.39, 0.29) is 0 Å². The van der Waals surface area contributed by atoms with Crippen molar-refractivity contribution in [1.82, 2.24) is 5.32 Å². The van der Waals surface area contributed by atoms with Gasteiger partial charge in [-0.1, -0.05) is 32.1 Å². The molecule has 1 saturated heterocycles. The summed E-state index contributed by atoms with van der Waals surface area (Å²) in [4.78, 5) is 0. The highest BCUT2D eigenvalue weighted by Gasteiger charge is 2.50. The minimum absolute atomic E-state index is 0.765. The second kappa shape index (κ2) is 3.52. The lowest BCUT2D eigenvalue weighted by molar-refractivity contribution is -0.00324. The van der Waals surface area contributed by atoms with Crippen LogP contribution in [0.25, 0.3) is 0 Å². The molecule has 2 aliphatic carbocycles. The summed E-state index contributed by atoms with van der Waals surface area (Å²) in [6, 6.07) is 0.925. The third-order valence-electron chi connectivity index (χ3n) is 5.05. The fraction of sp³-hybridized carbons (Fsp3) is 1.00. The Morgan fingerprint density at radius 3 is 2.00 bits per heavy atom. The van der Waals surface area contributed by atoms with Gasteiger partial charge in [0.25, 0.3) is 0 Å². The zero-order chi connectivity index (χ0) is 9.43. The van der Waals surface area contributed by atoms with E-state index in [0.717, 1.165) is 17.4 Å². The normalized spacial score (nSPS) is 37.3. The zero-order valence-electron chi connectivity index (χ0n) is 9.23. The maximum atomic E-state index is 3.74. The van der Waals surface area contributed by atoms with Gasteiger partial charge in [0.2, 0.25) is 0 Å². The molecule has 0 bridgehead atoms. The topological polar surface area (TPSA) is 12.0 Å². The summed E-state index contributed by atoms with van der Waals surface area (Å²) in [5.41, 5.74) is 0.765. The third kappa shape index (κ3) is 1.32. The molecule has 1 aliphatic heterocycles. The van der Waals surface area contributed by atoms with Crippen molar-refractivity contribution in [2.75, 3.05) is 6.54 Å². The number of rotatable bonds is 1. The fourth-order valence-corrected chi connectivity index (χ4v) is 3.87. The maximum Gasteiger partial charge on any atom is 0.0164 e. The predicted molar refractivity (Wildman–Crippen MR) is 59.3 cm³/mol. The Kier molecular flexibility index (Phi) is 2.31. The lowest BCUT2D eigenvalue weighted by atomic mass is 9.60. The molecule has 1 N–H and O–H groups in total. The standard InChI is InChI=1S/C13H23N/c1-2-4-9-13(8-3-1)10-14-12(13)11-6-5-7-11/h11-12,14H,1-10H2. The second-order valence-corrected chi connectivity index (χ2v) is 5.83. The first-order valence-corrected chi connectivity index (χ1v) is 6.64. The number of hydrogen-bond acceptors (Lipinski definition) is 1. The minimum atomic E-state index is 0.765. The molecule has 1 nitrogen and oxygen atoms in total. The molecule has 0 radical (unpaired) electrons. The first-order valence-electron chi connectivity index (χ1n) is 6.64. The monoisotopic (exact) mass is 193 g/mol. The lowest BCUT2D eigenvalue weighted by Gasteiger charge is -2.56. The Morgan fingerprint density at radius 1 is 0.857 bits per heavy atom. The minimum Gasteiger partial charge on any atom is -0.312 e. The van der Waals surface area contributed by atoms with Gasteiger partial charge in [0, 0.05) is 12.6 Å². The van der Waals surface area contributed by atoms with Gasteiger partial charge in [-0.25, -0.2) is 0 Å². The highest BCUT2D eigenvalue weighted by Crippen LogP contribution is 2.49. The molecule has 14 heavy (non-hydrogen) atoms. The summed E-state index contributed by atoms with van der Waals surface area (Å²) < 4.78 is 0. The summed E-state index contributed by atoms with van der Waals surface area (Å²) in [5, 5.41) is 3.74. The Hall–Kier alpha value is -0.0400. The van der Waals surface area contributed by atoms with E-state index in [0.29, 0.717) is 0 Å². The van der Waals surface area contributed by atoms with Crippen molar-refractivity contribution < 1.29 is 0 Å². The van der Waals surface area contributed by atoms with Gasteiger partial charge in [-0.05, 0) is 37.0 Å². The molecule has 0 aromatic heterocycles. The van der Waals surface area contributed by atoms with Gasteiger partial charge in [0.1, 0.15) is 0 Å². The van der Waals surface area contributed by atoms with Crippen molar-refractivity contribution in [2.45, 2.75) is 63.8 Å². The molecular weight excluding hydrogens is 170 g/mol. The van der Waals surface area contributed by atoms with Crippen molar-refractivity contribution in [3.05, 3.63) is 0 Å². The fourth-order valence-electron chi connectivity index (χ4n) is 3.87. The summed E-state index contributed by atoms with van der Waals surface area (Å²) in [5.74, 6) is 1.06. The van der Waals surface area contributed by atoms with E-state index >= 15 is 0 Å². The van der Waals surface area contributed by atoms with Gasteiger partial charge >= 0.3 is 0 Å². The SMILES string of the molecule is C1CCCC2(CC1)CNC2C1CCC1. The van der Waals surface area contributed by atoms with Crippen molar-refractivity contribution in [3.8, 4) is 0 Å². The van der Waals surface area contributed by atoms with Crippen LogP contribution in [0.1, 0.15) is 57.8 Å². The van der Waals surface area contributed by atoms with Gasteiger partial charge < -0.3 is 5.32 Å². The summed E-state index contributed by atoms with van der Waals surface area (Å²) >= 11 is 0. The average Bonchev–Trinajstić information content (AvgIpc) is 2.35. The van der Waals surface area contributed by atoms with Crippen LogP contribution in [0.4, 0.5) is 0 Å². The van der Waals surface area contributed by atoms with E-state index in [4.69, 9.17) is 0 Å². The molecule has 1 heterocycles. The second-order valence-electron chi connectivity index (χ2n) is 5.83. The van der Waals surface area contributed by atoms with Gasteiger partial charge in [0.15, 0.2) is 0 Å². The van der Waals surface area contributed by atoms with E-state index < -0.39 is 0 Å². The van der Waals surface area contributed by atoms with E-state index in [9.17, 15) is 0 Å². The Bertz CT molecular complexity index is 199. The molecule has 0 aromatic rings. The molecule has 0 aromatic carbocycles. The summed E-state index contributed by atoms with van der Waals surface area (Å²) in [7, 11) is 0. The summed E-state index contributed by atoms with van der Waals surface area (Å²) in [6.45, 7) is 1.34. The quantitative estimate of drug-likeness (QED) is 0.675. The third-order valence-corrected chi connectivity index (χ3v) is 5.05. The van der Waals surface area contributed by atoms with Crippen LogP contribution in [-0.4, -0.2) is 12.6 Å².